The molecular weight excluding hydrogens is 370 g/mol. The number of para-hydroxylation sites is 2. The topological polar surface area (TPSA) is 82.8 Å². The van der Waals surface area contributed by atoms with Gasteiger partial charge in [0.2, 0.25) is 5.95 Å². The first kappa shape index (κ1) is 19.1. The summed E-state index contributed by atoms with van der Waals surface area (Å²) in [5, 5.41) is 3.26. The van der Waals surface area contributed by atoms with E-state index in [4.69, 9.17) is 14.2 Å². The number of rotatable bonds is 8. The van der Waals surface area contributed by atoms with Crippen molar-refractivity contribution in [3.05, 3.63) is 60.7 Å². The lowest BCUT2D eigenvalue weighted by atomic mass is 10.3. The van der Waals surface area contributed by atoms with Gasteiger partial charge < -0.3 is 24.4 Å². The highest BCUT2D eigenvalue weighted by atomic mass is 16.5. The SMILES string of the molecule is c1ccc(Oc2nc(NCC[NH+]3CCOCC3)nc(Oc3ccccc3)n2)cc1. The van der Waals surface area contributed by atoms with E-state index in [0.29, 0.717) is 17.4 Å². The van der Waals surface area contributed by atoms with Gasteiger partial charge in [0.1, 0.15) is 24.6 Å². The summed E-state index contributed by atoms with van der Waals surface area (Å²) in [5.74, 6) is 1.71. The van der Waals surface area contributed by atoms with E-state index in [2.05, 4.69) is 20.3 Å². The molecule has 2 aromatic carbocycles. The largest absolute Gasteiger partial charge is 0.424 e. The molecule has 1 aromatic heterocycles. The smallest absolute Gasteiger partial charge is 0.330 e. The first-order valence-corrected chi connectivity index (χ1v) is 9.72. The Kier molecular flexibility index (Phi) is 6.46. The lowest BCUT2D eigenvalue weighted by molar-refractivity contribution is -0.906. The van der Waals surface area contributed by atoms with Crippen LogP contribution in [0.3, 0.4) is 0 Å². The summed E-state index contributed by atoms with van der Waals surface area (Å²) >= 11 is 0. The molecule has 1 fully saturated rings. The van der Waals surface area contributed by atoms with Crippen molar-refractivity contribution in [3.8, 4) is 23.5 Å². The molecule has 0 saturated carbocycles. The molecule has 1 saturated heterocycles. The summed E-state index contributed by atoms with van der Waals surface area (Å²) in [7, 11) is 0. The highest BCUT2D eigenvalue weighted by Crippen LogP contribution is 2.23. The number of anilines is 1. The molecule has 29 heavy (non-hydrogen) atoms. The summed E-state index contributed by atoms with van der Waals surface area (Å²) < 4.78 is 17.0. The van der Waals surface area contributed by atoms with Gasteiger partial charge in [0.25, 0.3) is 0 Å². The van der Waals surface area contributed by atoms with Crippen molar-refractivity contribution < 1.29 is 19.1 Å². The minimum atomic E-state index is 0.179. The van der Waals surface area contributed by atoms with Crippen molar-refractivity contribution in [1.29, 1.82) is 0 Å². The average molecular weight is 394 g/mol. The number of aromatic nitrogens is 3. The molecule has 0 spiro atoms. The average Bonchev–Trinajstić information content (AvgIpc) is 2.76. The molecule has 0 aliphatic carbocycles. The molecule has 1 aliphatic heterocycles. The van der Waals surface area contributed by atoms with Crippen LogP contribution in [0.2, 0.25) is 0 Å². The van der Waals surface area contributed by atoms with E-state index in [-0.39, 0.29) is 12.0 Å². The van der Waals surface area contributed by atoms with Gasteiger partial charge in [-0.15, -0.1) is 4.98 Å². The van der Waals surface area contributed by atoms with Crippen LogP contribution in [0.4, 0.5) is 5.95 Å². The third-order valence-electron chi connectivity index (χ3n) is 4.46. The maximum absolute atomic E-state index is 5.79. The molecule has 150 valence electrons. The van der Waals surface area contributed by atoms with Crippen molar-refractivity contribution in [3.63, 3.8) is 0 Å². The number of nitrogens with one attached hydrogen (secondary N) is 2. The molecular formula is C21H24N5O3+. The zero-order chi connectivity index (χ0) is 19.7. The highest BCUT2D eigenvalue weighted by molar-refractivity contribution is 5.32. The number of hydrogen-bond donors (Lipinski definition) is 2. The van der Waals surface area contributed by atoms with Crippen LogP contribution in [0.25, 0.3) is 0 Å². The zero-order valence-electron chi connectivity index (χ0n) is 16.1. The Bertz CT molecular complexity index is 830. The van der Waals surface area contributed by atoms with Crippen LogP contribution in [0.5, 0.6) is 23.5 Å². The van der Waals surface area contributed by atoms with E-state index in [1.54, 1.807) is 0 Å². The minimum absolute atomic E-state index is 0.179. The number of benzene rings is 2. The van der Waals surface area contributed by atoms with Gasteiger partial charge in [0, 0.05) is 0 Å². The fourth-order valence-electron chi connectivity index (χ4n) is 2.96. The van der Waals surface area contributed by atoms with Crippen LogP contribution in [0.15, 0.2) is 60.7 Å². The van der Waals surface area contributed by atoms with Gasteiger partial charge in [-0.25, -0.2) is 0 Å². The van der Waals surface area contributed by atoms with Crippen molar-refractivity contribution >= 4 is 5.95 Å². The molecule has 8 heteroatoms. The van der Waals surface area contributed by atoms with Crippen LogP contribution in [0.1, 0.15) is 0 Å². The fraction of sp³-hybridized carbons (Fsp3) is 0.286. The monoisotopic (exact) mass is 394 g/mol. The highest BCUT2D eigenvalue weighted by Gasteiger charge is 2.14. The maximum atomic E-state index is 5.79. The third kappa shape index (κ3) is 5.87. The van der Waals surface area contributed by atoms with Gasteiger partial charge >= 0.3 is 12.0 Å². The molecule has 1 aliphatic rings. The van der Waals surface area contributed by atoms with E-state index in [1.807, 2.05) is 60.7 Å². The van der Waals surface area contributed by atoms with Crippen molar-refractivity contribution in [1.82, 2.24) is 15.0 Å². The lowest BCUT2D eigenvalue weighted by Gasteiger charge is -2.23. The summed E-state index contributed by atoms with van der Waals surface area (Å²) in [6.45, 7) is 5.34. The second kappa shape index (κ2) is 9.81. The molecule has 0 amide bonds. The van der Waals surface area contributed by atoms with E-state index in [1.165, 1.54) is 4.90 Å². The molecule has 2 heterocycles. The fourth-order valence-corrected chi connectivity index (χ4v) is 2.96. The van der Waals surface area contributed by atoms with Crippen LogP contribution in [0, 0.1) is 0 Å². The number of nitrogens with zero attached hydrogens (tertiary/aromatic N) is 3. The normalized spacial score (nSPS) is 14.3. The van der Waals surface area contributed by atoms with E-state index in [0.717, 1.165) is 39.4 Å². The summed E-state index contributed by atoms with van der Waals surface area (Å²) in [4.78, 5) is 14.6. The second-order valence-corrected chi connectivity index (χ2v) is 6.59. The Balaban J connectivity index is 1.47. The van der Waals surface area contributed by atoms with Crippen LogP contribution in [-0.4, -0.2) is 54.3 Å². The number of ether oxygens (including phenoxy) is 3. The van der Waals surface area contributed by atoms with Gasteiger partial charge in [-0.2, -0.15) is 9.97 Å². The molecule has 0 bridgehead atoms. The Morgan fingerprint density at radius 3 is 1.90 bits per heavy atom. The summed E-state index contributed by atoms with van der Waals surface area (Å²) in [6, 6.07) is 19.1. The van der Waals surface area contributed by atoms with E-state index in [9.17, 15) is 0 Å². The number of morpholine rings is 1. The van der Waals surface area contributed by atoms with Gasteiger partial charge in [-0.05, 0) is 24.3 Å². The van der Waals surface area contributed by atoms with Crippen molar-refractivity contribution in [2.24, 2.45) is 0 Å². The Morgan fingerprint density at radius 1 is 0.793 bits per heavy atom. The Morgan fingerprint density at radius 2 is 1.34 bits per heavy atom. The van der Waals surface area contributed by atoms with E-state index < -0.39 is 0 Å². The lowest BCUT2D eigenvalue weighted by Crippen LogP contribution is -3.14. The van der Waals surface area contributed by atoms with Gasteiger partial charge in [-0.3, -0.25) is 0 Å². The molecule has 3 aromatic rings. The summed E-state index contributed by atoms with van der Waals surface area (Å²) in [6.07, 6.45) is 0. The van der Waals surface area contributed by atoms with Crippen LogP contribution < -0.4 is 19.7 Å². The molecule has 8 nitrogen and oxygen atoms in total. The molecule has 0 atom stereocenters. The van der Waals surface area contributed by atoms with Gasteiger partial charge in [-0.1, -0.05) is 36.4 Å². The predicted octanol–water partition coefficient (Wildman–Crippen LogP) is 1.78. The number of quaternary nitrogens is 1. The molecule has 2 N–H and O–H groups in total. The van der Waals surface area contributed by atoms with Crippen molar-refractivity contribution in [2.45, 2.75) is 0 Å². The molecule has 0 radical (unpaired) electrons. The third-order valence-corrected chi connectivity index (χ3v) is 4.46. The summed E-state index contributed by atoms with van der Waals surface area (Å²) in [5.41, 5.74) is 0. The minimum Gasteiger partial charge on any atom is -0.424 e. The predicted molar refractivity (Wildman–Crippen MR) is 108 cm³/mol. The second-order valence-electron chi connectivity index (χ2n) is 6.59. The van der Waals surface area contributed by atoms with Gasteiger partial charge in [0.15, 0.2) is 0 Å². The quantitative estimate of drug-likeness (QED) is 0.603. The first-order valence-electron chi connectivity index (χ1n) is 9.72. The Hall–Kier alpha value is -3.23. The van der Waals surface area contributed by atoms with Crippen molar-refractivity contribution in [2.75, 3.05) is 44.7 Å². The maximum Gasteiger partial charge on any atom is 0.330 e. The zero-order valence-corrected chi connectivity index (χ0v) is 16.1. The van der Waals surface area contributed by atoms with E-state index >= 15 is 0 Å². The van der Waals surface area contributed by atoms with Crippen LogP contribution in [-0.2, 0) is 4.74 Å². The Labute approximate surface area is 169 Å². The molecule has 0 unspecified atom stereocenters. The van der Waals surface area contributed by atoms with Gasteiger partial charge in [0.05, 0.1) is 26.3 Å². The molecule has 4 rings (SSSR count). The standard InChI is InChI=1S/C21H23N5O3/c1-3-7-17(8-4-1)28-20-23-19(22-11-12-26-13-15-27-16-14-26)24-21(25-20)29-18-9-5-2-6-10-18/h1-10H,11-16H2,(H,22,23,24,25)/p+1. The van der Waals surface area contributed by atoms with Crippen LogP contribution >= 0.6 is 0 Å². The number of hydrogen-bond acceptors (Lipinski definition) is 7. The first-order chi connectivity index (χ1) is 14.3.